The smallest absolute Gasteiger partial charge is 0.726 e. The molecule has 3 unspecified atom stereocenters. The van der Waals surface area contributed by atoms with Gasteiger partial charge in [-0.1, -0.05) is 34.1 Å². The van der Waals surface area contributed by atoms with E-state index in [0.717, 1.165) is 51.4 Å². The second-order valence-electron chi connectivity index (χ2n) is 12.5. The van der Waals surface area contributed by atoms with Crippen LogP contribution in [-0.2, 0) is 14.6 Å². The van der Waals surface area contributed by atoms with E-state index in [1.165, 1.54) is 6.42 Å². The number of hydrogen-bond donors (Lipinski definition) is 2. The predicted octanol–water partition coefficient (Wildman–Crippen LogP) is 1.51. The van der Waals surface area contributed by atoms with Crippen LogP contribution in [-0.4, -0.2) is 42.0 Å². The molecular weight excluding hydrogens is 463 g/mol. The summed E-state index contributed by atoms with van der Waals surface area (Å²) >= 11 is 0. The van der Waals surface area contributed by atoms with Gasteiger partial charge < -0.3 is 14.8 Å². The first-order chi connectivity index (χ1) is 15.4. The van der Waals surface area contributed by atoms with Gasteiger partial charge in [0.25, 0.3) is 0 Å². The fraction of sp³-hybridized carbons (Fsp3) is 1.00. The van der Waals surface area contributed by atoms with E-state index < -0.39 is 10.4 Å². The number of rotatable bonds is 7. The third-order valence-electron chi connectivity index (χ3n) is 11.2. The number of aliphatic hydroxyl groups is 2. The third-order valence-corrected chi connectivity index (χ3v) is 11.6. The zero-order chi connectivity index (χ0) is 24.2. The maximum atomic E-state index is 11.8. The Labute approximate surface area is 229 Å². The molecule has 0 bridgehead atoms. The molecule has 34 heavy (non-hydrogen) atoms. The van der Waals surface area contributed by atoms with E-state index in [0.29, 0.717) is 41.9 Å². The summed E-state index contributed by atoms with van der Waals surface area (Å²) in [7, 11) is -4.61. The summed E-state index contributed by atoms with van der Waals surface area (Å²) in [6.45, 7) is 9.37. The van der Waals surface area contributed by atoms with Gasteiger partial charge in [-0.05, 0) is 110 Å². The summed E-state index contributed by atoms with van der Waals surface area (Å²) in [5.74, 6) is 3.09. The van der Waals surface area contributed by atoms with E-state index >= 15 is 0 Å². The van der Waals surface area contributed by atoms with Gasteiger partial charge in [-0.15, -0.1) is 0 Å². The van der Waals surface area contributed by atoms with Crippen molar-refractivity contribution in [3.8, 4) is 0 Å². The number of aliphatic hydroxyl groups excluding tert-OH is 2. The van der Waals surface area contributed by atoms with Crippen LogP contribution in [0.25, 0.3) is 0 Å². The van der Waals surface area contributed by atoms with Crippen LogP contribution in [0.15, 0.2) is 0 Å². The molecule has 11 atom stereocenters. The molecule has 0 heterocycles. The molecule has 192 valence electrons. The van der Waals surface area contributed by atoms with Crippen LogP contribution in [0.2, 0.25) is 0 Å². The third kappa shape index (κ3) is 5.21. The van der Waals surface area contributed by atoms with Crippen molar-refractivity contribution in [2.24, 2.45) is 52.3 Å². The van der Waals surface area contributed by atoms with Crippen molar-refractivity contribution in [1.82, 2.24) is 0 Å². The Morgan fingerprint density at radius 1 is 1.03 bits per heavy atom. The molecular formula is C26H45NaO6S. The summed E-state index contributed by atoms with van der Waals surface area (Å²) in [6.07, 6.45) is 9.40. The topological polar surface area (TPSA) is 107 Å². The van der Waals surface area contributed by atoms with Crippen LogP contribution in [0, 0.1) is 52.3 Å². The quantitative estimate of drug-likeness (QED) is 0.234. The van der Waals surface area contributed by atoms with E-state index in [2.05, 4.69) is 31.9 Å². The van der Waals surface area contributed by atoms with Crippen molar-refractivity contribution < 1.29 is 56.9 Å². The first-order valence-corrected chi connectivity index (χ1v) is 14.7. The first-order valence-electron chi connectivity index (χ1n) is 13.4. The monoisotopic (exact) mass is 508 g/mol. The van der Waals surface area contributed by atoms with Crippen molar-refractivity contribution in [2.75, 3.05) is 6.61 Å². The largest absolute Gasteiger partial charge is 1.00 e. The van der Waals surface area contributed by atoms with Crippen molar-refractivity contribution in [3.63, 3.8) is 0 Å². The fourth-order valence-corrected chi connectivity index (χ4v) is 10.0. The SMILES string of the molecule is CC[C@H]1[C@@H](O)C2C3CC[C@H]([C@H](C)CCCOS(=O)(=O)[O-])[C@@]3(C)CCC2[C@@]2(C)CC[C@H](O)C[C@@H]12.[Na+]. The van der Waals surface area contributed by atoms with Gasteiger partial charge in [0.2, 0.25) is 10.4 Å². The van der Waals surface area contributed by atoms with Gasteiger partial charge in [-0.2, -0.15) is 0 Å². The standard InChI is InChI=1S/C26H46O6S.Na/c1-5-18-22-15-17(27)10-12-26(22,4)21-11-13-25(3)19(8-9-20(25)23(21)24(18)28)16(2)7-6-14-32-33(29,30)31;/h16-24,27-28H,5-15H2,1-4H3,(H,29,30,31);/q;+1/p-1/t16-,17+,18-,19-,20?,21?,22+,23?,24-,25-,26-;/m1./s1. The van der Waals surface area contributed by atoms with E-state index in [-0.39, 0.29) is 65.1 Å². The van der Waals surface area contributed by atoms with Crippen LogP contribution in [0.5, 0.6) is 0 Å². The maximum Gasteiger partial charge on any atom is 1.00 e. The summed E-state index contributed by atoms with van der Waals surface area (Å²) in [5.41, 5.74) is 0.415. The molecule has 0 aromatic carbocycles. The molecule has 6 nitrogen and oxygen atoms in total. The molecule has 4 rings (SSSR count). The van der Waals surface area contributed by atoms with Gasteiger partial charge in [-0.25, -0.2) is 8.42 Å². The van der Waals surface area contributed by atoms with Gasteiger partial charge in [0.1, 0.15) is 0 Å². The maximum absolute atomic E-state index is 11.8. The molecule has 4 aliphatic rings. The minimum absolute atomic E-state index is 0. The number of fused-ring (bicyclic) bond motifs is 5. The van der Waals surface area contributed by atoms with Crippen LogP contribution >= 0.6 is 0 Å². The Hall–Kier alpha value is 0.790. The van der Waals surface area contributed by atoms with E-state index in [1.807, 2.05) is 0 Å². The zero-order valence-corrected chi connectivity index (χ0v) is 24.7. The van der Waals surface area contributed by atoms with Crippen LogP contribution in [0.1, 0.15) is 91.9 Å². The average Bonchev–Trinajstić information content (AvgIpc) is 3.09. The summed E-state index contributed by atoms with van der Waals surface area (Å²) in [4.78, 5) is 0. The predicted molar refractivity (Wildman–Crippen MR) is 126 cm³/mol. The van der Waals surface area contributed by atoms with Crippen LogP contribution in [0.4, 0.5) is 0 Å². The molecule has 0 aromatic heterocycles. The van der Waals surface area contributed by atoms with Crippen LogP contribution in [0.3, 0.4) is 0 Å². The summed E-state index contributed by atoms with van der Waals surface area (Å²) < 4.78 is 36.6. The molecule has 0 aromatic rings. The molecule has 0 spiro atoms. The van der Waals surface area contributed by atoms with Crippen molar-refractivity contribution in [3.05, 3.63) is 0 Å². The van der Waals surface area contributed by atoms with E-state index in [4.69, 9.17) is 0 Å². The molecule has 8 heteroatoms. The summed E-state index contributed by atoms with van der Waals surface area (Å²) in [6, 6.07) is 0. The number of hydrogen-bond acceptors (Lipinski definition) is 6. The van der Waals surface area contributed by atoms with Gasteiger partial charge in [0.05, 0.1) is 18.8 Å². The minimum atomic E-state index is -4.61. The normalized spacial score (nSPS) is 47.1. The molecule has 0 saturated heterocycles. The molecule has 0 amide bonds. The Kier molecular flexibility index (Phi) is 9.39. The zero-order valence-electron chi connectivity index (χ0n) is 21.9. The Balaban J connectivity index is 0.00000324. The van der Waals surface area contributed by atoms with Crippen molar-refractivity contribution in [1.29, 1.82) is 0 Å². The Morgan fingerprint density at radius 2 is 1.68 bits per heavy atom. The van der Waals surface area contributed by atoms with Crippen LogP contribution < -0.4 is 29.6 Å². The molecule has 0 aliphatic heterocycles. The molecule has 2 N–H and O–H groups in total. The minimum Gasteiger partial charge on any atom is -0.726 e. The molecule has 4 saturated carbocycles. The molecule has 4 aliphatic carbocycles. The Morgan fingerprint density at radius 3 is 2.32 bits per heavy atom. The second-order valence-corrected chi connectivity index (χ2v) is 13.5. The van der Waals surface area contributed by atoms with Crippen molar-refractivity contribution in [2.45, 2.75) is 104 Å². The van der Waals surface area contributed by atoms with Gasteiger partial charge in [-0.3, -0.25) is 4.18 Å². The van der Waals surface area contributed by atoms with Gasteiger partial charge in [0, 0.05) is 0 Å². The summed E-state index contributed by atoms with van der Waals surface area (Å²) in [5, 5.41) is 22.2. The fourth-order valence-electron chi connectivity index (χ4n) is 9.70. The van der Waals surface area contributed by atoms with Gasteiger partial charge in [0.15, 0.2) is 0 Å². The van der Waals surface area contributed by atoms with Gasteiger partial charge >= 0.3 is 29.6 Å². The average molecular weight is 509 g/mol. The molecule has 4 fully saturated rings. The second kappa shape index (κ2) is 10.9. The Bertz CT molecular complexity index is 807. The first kappa shape index (κ1) is 29.3. The molecule has 0 radical (unpaired) electrons. The van der Waals surface area contributed by atoms with E-state index in [9.17, 15) is 23.2 Å². The van der Waals surface area contributed by atoms with Crippen molar-refractivity contribution >= 4 is 10.4 Å². The van der Waals surface area contributed by atoms with E-state index in [1.54, 1.807) is 0 Å².